The minimum absolute atomic E-state index is 0.0841. The van der Waals surface area contributed by atoms with E-state index in [1.807, 2.05) is 171 Å². The number of carbonyl (C=O) groups excluding carboxylic acids is 6. The molecule has 3 N–H and O–H groups in total. The van der Waals surface area contributed by atoms with Crippen LogP contribution in [0.1, 0.15) is 161 Å². The molecular weight excluding hydrogens is 1450 g/mol. The van der Waals surface area contributed by atoms with Gasteiger partial charge < -0.3 is 68.4 Å². The molecule has 5 aliphatic rings. The number of nitrogens with two attached hydrogens (primary N) is 1. The molecule has 606 valence electrons. The molecule has 7 aromatic rings. The maximum absolute atomic E-state index is 12.5. The van der Waals surface area contributed by atoms with Crippen molar-refractivity contribution in [1.29, 1.82) is 21.0 Å². The Morgan fingerprint density at radius 3 is 1.26 bits per heavy atom. The molecule has 113 heavy (non-hydrogen) atoms. The van der Waals surface area contributed by atoms with E-state index in [4.69, 9.17) is 50.1 Å². The van der Waals surface area contributed by atoms with Crippen molar-refractivity contribution in [2.75, 3.05) is 88.4 Å². The van der Waals surface area contributed by atoms with Crippen LogP contribution < -0.4 is 16.0 Å². The number of fused-ring (bicyclic) bond motifs is 2. The van der Waals surface area contributed by atoms with Crippen molar-refractivity contribution in [2.24, 2.45) is 14.1 Å². The summed E-state index contributed by atoms with van der Waals surface area (Å²) in [6, 6.07) is 12.6. The first kappa shape index (κ1) is 86.6. The van der Waals surface area contributed by atoms with E-state index in [0.717, 1.165) is 75.2 Å². The number of pyridine rings is 2. The van der Waals surface area contributed by atoms with Gasteiger partial charge in [-0.3, -0.25) is 23.7 Å². The van der Waals surface area contributed by atoms with Gasteiger partial charge in [0.1, 0.15) is 73.1 Å². The highest BCUT2D eigenvalue weighted by Crippen LogP contribution is 2.39. The number of carbonyl (C=O) groups is 6. The number of likely N-dealkylation sites (tertiary alicyclic amines) is 5. The van der Waals surface area contributed by atoms with Crippen molar-refractivity contribution in [3.63, 3.8) is 0 Å². The van der Waals surface area contributed by atoms with Crippen LogP contribution in [0.15, 0.2) is 67.4 Å². The first-order valence-electron chi connectivity index (χ1n) is 37.4. The first-order chi connectivity index (χ1) is 52.7. The van der Waals surface area contributed by atoms with E-state index in [1.165, 1.54) is 11.0 Å². The van der Waals surface area contributed by atoms with Gasteiger partial charge in [-0.15, -0.1) is 0 Å². The van der Waals surface area contributed by atoms with Gasteiger partial charge in [-0.1, -0.05) is 20.8 Å². The molecule has 0 atom stereocenters. The van der Waals surface area contributed by atoms with Crippen molar-refractivity contribution in [3.8, 4) is 24.3 Å². The Hall–Kier alpha value is -12.0. The molecule has 12 heterocycles. The standard InChI is InChI=1S/C23H30N8O2.C22H28N8O2.C15H23N5O2.C10H14N2O2.C8H13NO3/c1-7-16-12-31(23(8-9-24)13-30(14-23)21(32)33-22(2,3)4)27-20(16)29(6)19-10-18-17(11-25-19)26-15-28(18)5;1-6-15-11-30(22(7-8-23)12-29(13-22)20(31)32-21(2,3)4)27-19(15)26-18-9-17-16(10-24-18)25-14-28(17)5;1-5-11-8-20(18-12(11)17)15(6-7-16)9-19(10-15)13(21)22-14(2,3)4;1-10(2,3)14-9(13)12-6-8(7-12)4-5-11;1-8(2,3)12-7(11)9-4-6(10)5-9/h10-12,15H,7-8,13-14H2,1-6H3;9-11,14H,6-7,12-13H2,1-5H3,(H,24,26,27);8H,5-6,9-10H2,1-4H3,(H2,17,18);4H,6-7H2,1-3H3;4-5H2,1-3H3. The van der Waals surface area contributed by atoms with E-state index < -0.39 is 50.7 Å². The van der Waals surface area contributed by atoms with Crippen molar-refractivity contribution in [1.82, 2.24) is 82.9 Å². The number of nitrogens with one attached hydrogen (secondary N) is 1. The predicted molar refractivity (Wildman–Crippen MR) is 420 cm³/mol. The van der Waals surface area contributed by atoms with Crippen LogP contribution >= 0.6 is 0 Å². The number of Topliss-reactive ketones (excluding diaryl/α,β-unsaturated/α-hetero) is 1. The number of nitriles is 4. The number of nitrogens with zero attached hydrogens (tertiary/aromatic N) is 22. The molecule has 5 amide bonds. The lowest BCUT2D eigenvalue weighted by Crippen LogP contribution is -2.64. The first-order valence-corrected chi connectivity index (χ1v) is 37.4. The van der Waals surface area contributed by atoms with Crippen molar-refractivity contribution in [2.45, 2.75) is 208 Å². The molecule has 0 saturated carbocycles. The molecule has 5 fully saturated rings. The van der Waals surface area contributed by atoms with E-state index in [1.54, 1.807) is 70.1 Å². The molecule has 7 aromatic heterocycles. The normalized spacial score (nSPS) is 15.8. The minimum atomic E-state index is -0.575. The number of ketones is 1. The average Bonchev–Trinajstić information content (AvgIpc) is 1.72. The molecule has 0 unspecified atom stereocenters. The van der Waals surface area contributed by atoms with Crippen LogP contribution in [0.25, 0.3) is 22.1 Å². The second-order valence-corrected chi connectivity index (χ2v) is 33.7. The van der Waals surface area contributed by atoms with Gasteiger partial charge in [0, 0.05) is 87.7 Å². The monoisotopic (exact) mass is 1560 g/mol. The summed E-state index contributed by atoms with van der Waals surface area (Å²) in [5.74, 6) is 3.45. The summed E-state index contributed by atoms with van der Waals surface area (Å²) < 4.78 is 35.8. The SMILES string of the molecule is CC(C)(C)OC(=O)N1CC(=CC#N)C1.CC(C)(C)OC(=O)N1CC(=O)C1.CCc1cn(C2(CC#N)CN(C(=O)OC(C)(C)C)C2)nc1N.CCc1cn(C2(CC#N)CN(C(=O)OC(C)(C)C)C2)nc1N(C)c1cc2c(cn1)ncn2C.CCc1cn(C2(CC#N)CN(C(=O)OC(C)(C)C)C2)nc1Nc1cc2c(cn1)ncn2C. The van der Waals surface area contributed by atoms with Gasteiger partial charge in [0.05, 0.1) is 132 Å². The third kappa shape index (κ3) is 21.8. The van der Waals surface area contributed by atoms with E-state index in [9.17, 15) is 39.3 Å². The Labute approximate surface area is 659 Å². The van der Waals surface area contributed by atoms with E-state index in [-0.39, 0.29) is 62.5 Å². The molecule has 5 aliphatic heterocycles. The summed E-state index contributed by atoms with van der Waals surface area (Å²) in [7, 11) is 5.81. The molecule has 0 aliphatic carbocycles. The number of aryl methyl sites for hydroxylation is 5. The number of aromatic nitrogens is 12. The van der Waals surface area contributed by atoms with Gasteiger partial charge in [-0.25, -0.2) is 43.9 Å². The molecular formula is C78H108N24O11. The number of nitrogen functional groups attached to an aromatic ring is 1. The molecule has 0 bridgehead atoms. The number of hydrogen-bond acceptors (Lipinski definition) is 25. The van der Waals surface area contributed by atoms with Crippen molar-refractivity contribution >= 4 is 87.4 Å². The minimum Gasteiger partial charge on any atom is -0.444 e. The van der Waals surface area contributed by atoms with Gasteiger partial charge in [0.25, 0.3) is 0 Å². The zero-order chi connectivity index (χ0) is 83.7. The topological polar surface area (TPSA) is 416 Å². The van der Waals surface area contributed by atoms with Crippen molar-refractivity contribution in [3.05, 3.63) is 84.1 Å². The Balaban J connectivity index is 0.000000186. The highest BCUT2D eigenvalue weighted by Gasteiger charge is 2.52. The quantitative estimate of drug-likeness (QED) is 0.0799. The van der Waals surface area contributed by atoms with Gasteiger partial charge in [0.15, 0.2) is 17.4 Å². The number of allylic oxidation sites excluding steroid dienone is 1. The third-order valence-electron chi connectivity index (χ3n) is 18.3. The second kappa shape index (κ2) is 34.3. The maximum Gasteiger partial charge on any atom is 0.411 e. The number of ether oxygens (including phenoxy) is 5. The third-order valence-corrected chi connectivity index (χ3v) is 18.3. The smallest absolute Gasteiger partial charge is 0.411 e. The highest BCUT2D eigenvalue weighted by atomic mass is 16.6. The number of anilines is 5. The predicted octanol–water partition coefficient (Wildman–Crippen LogP) is 11.1. The maximum atomic E-state index is 12.5. The van der Waals surface area contributed by atoms with Crippen LogP contribution in [-0.2, 0) is 78.5 Å². The van der Waals surface area contributed by atoms with Crippen LogP contribution in [0.5, 0.6) is 0 Å². The fourth-order valence-corrected chi connectivity index (χ4v) is 12.4. The lowest BCUT2D eigenvalue weighted by atomic mass is 9.87. The lowest BCUT2D eigenvalue weighted by Gasteiger charge is -2.48. The van der Waals surface area contributed by atoms with E-state index >= 15 is 0 Å². The fraction of sp³-hybridized carbons (Fsp3) is 0.577. The Morgan fingerprint density at radius 1 is 0.513 bits per heavy atom. The summed E-state index contributed by atoms with van der Waals surface area (Å²) in [6.45, 7) is 37.3. The molecule has 0 spiro atoms. The fourth-order valence-electron chi connectivity index (χ4n) is 12.4. The Morgan fingerprint density at radius 2 is 0.876 bits per heavy atom. The zero-order valence-corrected chi connectivity index (χ0v) is 69.0. The summed E-state index contributed by atoms with van der Waals surface area (Å²) in [5.41, 5.74) is 9.21. The number of hydrogen-bond donors (Lipinski definition) is 2. The largest absolute Gasteiger partial charge is 0.444 e. The molecule has 5 saturated heterocycles. The van der Waals surface area contributed by atoms with Crippen molar-refractivity contribution < 1.29 is 52.5 Å². The summed E-state index contributed by atoms with van der Waals surface area (Å²) in [5, 5.41) is 53.7. The number of rotatable bonds is 13. The van der Waals surface area contributed by atoms with E-state index in [0.29, 0.717) is 69.8 Å². The van der Waals surface area contributed by atoms with Crippen LogP contribution in [0.2, 0.25) is 0 Å². The van der Waals surface area contributed by atoms with Crippen LogP contribution in [0, 0.1) is 45.3 Å². The average molecular weight is 1560 g/mol. The molecule has 35 nitrogen and oxygen atoms in total. The molecule has 0 aromatic carbocycles. The van der Waals surface area contributed by atoms with Crippen LogP contribution in [0.3, 0.4) is 0 Å². The number of amides is 5. The zero-order valence-electron chi connectivity index (χ0n) is 69.0. The lowest BCUT2D eigenvalue weighted by molar-refractivity contribution is -0.128. The van der Waals surface area contributed by atoms with Gasteiger partial charge >= 0.3 is 30.5 Å². The highest BCUT2D eigenvalue weighted by molar-refractivity contribution is 5.94. The molecule has 35 heteroatoms. The van der Waals surface area contributed by atoms with Crippen LogP contribution in [0.4, 0.5) is 53.1 Å². The Bertz CT molecular complexity index is 4810. The summed E-state index contributed by atoms with van der Waals surface area (Å²) >= 11 is 0. The second-order valence-electron chi connectivity index (χ2n) is 33.7. The van der Waals surface area contributed by atoms with Crippen LogP contribution in [-0.4, -0.2) is 220 Å². The summed E-state index contributed by atoms with van der Waals surface area (Å²) in [6.07, 6.45) is 15.5. The molecule has 0 radical (unpaired) electrons. The van der Waals surface area contributed by atoms with E-state index in [2.05, 4.69) is 62.4 Å². The summed E-state index contributed by atoms with van der Waals surface area (Å²) in [4.78, 5) is 97.3. The molecule has 12 rings (SSSR count). The number of imidazole rings is 2. The van der Waals surface area contributed by atoms with Gasteiger partial charge in [0.2, 0.25) is 0 Å². The van der Waals surface area contributed by atoms with Gasteiger partial charge in [-0.2, -0.15) is 36.3 Å². The van der Waals surface area contributed by atoms with Gasteiger partial charge in [-0.05, 0) is 129 Å². The Kier molecular flexibility index (Phi) is 26.3.